The summed E-state index contributed by atoms with van der Waals surface area (Å²) in [6.45, 7) is 1.77. The third-order valence-corrected chi connectivity index (χ3v) is 5.04. The summed E-state index contributed by atoms with van der Waals surface area (Å²) in [5.74, 6) is 0. The van der Waals surface area contributed by atoms with Crippen LogP contribution in [0.5, 0.6) is 0 Å². The highest BCUT2D eigenvalue weighted by Gasteiger charge is 2.20. The Morgan fingerprint density at radius 1 is 1.15 bits per heavy atom. The van der Waals surface area contributed by atoms with Gasteiger partial charge in [-0.15, -0.1) is 0 Å². The zero-order chi connectivity index (χ0) is 14.9. The molecule has 0 atom stereocenters. The van der Waals surface area contributed by atoms with Crippen molar-refractivity contribution >= 4 is 50.5 Å². The average molecular weight is 352 g/mol. The average Bonchev–Trinajstić information content (AvgIpc) is 2.36. The molecule has 106 valence electrons. The zero-order valence-electron chi connectivity index (χ0n) is 10.2. The quantitative estimate of drug-likeness (QED) is 0.845. The number of hydrogen-bond acceptors (Lipinski definition) is 3. The molecule has 0 aliphatic heterocycles. The van der Waals surface area contributed by atoms with Gasteiger partial charge in [-0.2, -0.15) is 0 Å². The Morgan fingerprint density at radius 3 is 2.50 bits per heavy atom. The Balaban J connectivity index is 2.44. The predicted molar refractivity (Wildman–Crippen MR) is 81.3 cm³/mol. The number of aromatic nitrogens is 1. The number of sulfonamides is 1. The van der Waals surface area contributed by atoms with Gasteiger partial charge in [0.15, 0.2) is 0 Å². The molecule has 0 bridgehead atoms. The Hall–Kier alpha value is -1.01. The zero-order valence-corrected chi connectivity index (χ0v) is 13.3. The molecule has 0 fully saturated rings. The molecule has 4 nitrogen and oxygen atoms in total. The van der Waals surface area contributed by atoms with Crippen LogP contribution in [0, 0.1) is 6.92 Å². The number of nitrogens with one attached hydrogen (secondary N) is 1. The van der Waals surface area contributed by atoms with Gasteiger partial charge in [-0.1, -0.05) is 34.8 Å². The van der Waals surface area contributed by atoms with Gasteiger partial charge < -0.3 is 0 Å². The van der Waals surface area contributed by atoms with Gasteiger partial charge in [0.2, 0.25) is 0 Å². The van der Waals surface area contributed by atoms with E-state index in [0.29, 0.717) is 5.02 Å². The molecule has 0 amide bonds. The summed E-state index contributed by atoms with van der Waals surface area (Å²) < 4.78 is 26.8. The number of benzene rings is 1. The highest BCUT2D eigenvalue weighted by molar-refractivity contribution is 7.92. The molecule has 1 N–H and O–H groups in total. The first-order valence-electron chi connectivity index (χ1n) is 5.40. The van der Waals surface area contributed by atoms with E-state index in [1.54, 1.807) is 13.0 Å². The van der Waals surface area contributed by atoms with Gasteiger partial charge in [0.25, 0.3) is 10.0 Å². The predicted octanol–water partition coefficient (Wildman–Crippen LogP) is 4.15. The maximum absolute atomic E-state index is 12.2. The van der Waals surface area contributed by atoms with E-state index >= 15 is 0 Å². The lowest BCUT2D eigenvalue weighted by atomic mass is 10.2. The second kappa shape index (κ2) is 5.77. The summed E-state index contributed by atoms with van der Waals surface area (Å²) in [6.07, 6.45) is 1.40. The topological polar surface area (TPSA) is 59.1 Å². The summed E-state index contributed by atoms with van der Waals surface area (Å²) in [5.41, 5.74) is 0.932. The molecule has 2 rings (SSSR count). The minimum absolute atomic E-state index is 0.116. The molecule has 0 saturated heterocycles. The van der Waals surface area contributed by atoms with Gasteiger partial charge >= 0.3 is 0 Å². The van der Waals surface area contributed by atoms with Crippen LogP contribution in [0.2, 0.25) is 15.2 Å². The standard InChI is InChI=1S/C12H9Cl3N2O2S/c1-7-5-9(14)10(6-8(7)13)17-20(18,19)11-3-2-4-16-12(11)15/h2-6,17H,1H3. The third kappa shape index (κ3) is 3.17. The van der Waals surface area contributed by atoms with E-state index in [-0.39, 0.29) is 20.8 Å². The van der Waals surface area contributed by atoms with Crippen LogP contribution in [-0.4, -0.2) is 13.4 Å². The fraction of sp³-hybridized carbons (Fsp3) is 0.0833. The molecule has 0 spiro atoms. The number of rotatable bonds is 3. The molecule has 1 aromatic carbocycles. The Kier molecular flexibility index (Phi) is 4.44. The van der Waals surface area contributed by atoms with Crippen molar-refractivity contribution in [2.45, 2.75) is 11.8 Å². The van der Waals surface area contributed by atoms with Crippen LogP contribution in [0.15, 0.2) is 35.4 Å². The Morgan fingerprint density at radius 2 is 1.85 bits per heavy atom. The molecule has 0 saturated carbocycles. The monoisotopic (exact) mass is 350 g/mol. The second-order valence-electron chi connectivity index (χ2n) is 3.98. The lowest BCUT2D eigenvalue weighted by Crippen LogP contribution is -2.14. The third-order valence-electron chi connectivity index (χ3n) is 2.51. The van der Waals surface area contributed by atoms with Crippen molar-refractivity contribution in [1.29, 1.82) is 0 Å². The van der Waals surface area contributed by atoms with Crippen molar-refractivity contribution in [2.75, 3.05) is 4.72 Å². The molecular weight excluding hydrogens is 343 g/mol. The Labute approximate surface area is 131 Å². The highest BCUT2D eigenvalue weighted by atomic mass is 35.5. The fourth-order valence-electron chi connectivity index (χ4n) is 1.50. The van der Waals surface area contributed by atoms with E-state index in [4.69, 9.17) is 34.8 Å². The minimum Gasteiger partial charge on any atom is -0.278 e. The van der Waals surface area contributed by atoms with Crippen molar-refractivity contribution in [1.82, 2.24) is 4.98 Å². The number of aryl methyl sites for hydroxylation is 1. The largest absolute Gasteiger partial charge is 0.278 e. The van der Waals surface area contributed by atoms with E-state index < -0.39 is 10.0 Å². The van der Waals surface area contributed by atoms with Crippen LogP contribution in [-0.2, 0) is 10.0 Å². The van der Waals surface area contributed by atoms with Gasteiger partial charge in [-0.25, -0.2) is 13.4 Å². The molecule has 8 heteroatoms. The van der Waals surface area contributed by atoms with Gasteiger partial charge in [0.1, 0.15) is 10.0 Å². The second-order valence-corrected chi connectivity index (χ2v) is 6.80. The lowest BCUT2D eigenvalue weighted by Gasteiger charge is -2.11. The molecular formula is C12H9Cl3N2O2S. The van der Waals surface area contributed by atoms with Crippen LogP contribution >= 0.6 is 34.8 Å². The molecule has 0 radical (unpaired) electrons. The highest BCUT2D eigenvalue weighted by Crippen LogP contribution is 2.31. The molecule has 0 aliphatic rings. The maximum atomic E-state index is 12.2. The number of halogens is 3. The first kappa shape index (κ1) is 15.4. The molecule has 20 heavy (non-hydrogen) atoms. The SMILES string of the molecule is Cc1cc(Cl)c(NS(=O)(=O)c2cccnc2Cl)cc1Cl. The molecule has 1 heterocycles. The van der Waals surface area contributed by atoms with Gasteiger partial charge in [-0.3, -0.25) is 4.72 Å². The van der Waals surface area contributed by atoms with Crippen LogP contribution in [0.1, 0.15) is 5.56 Å². The minimum atomic E-state index is -3.88. The smallest absolute Gasteiger partial charge is 0.265 e. The van der Waals surface area contributed by atoms with E-state index in [0.717, 1.165) is 5.56 Å². The molecule has 0 aliphatic carbocycles. The summed E-state index contributed by atoms with van der Waals surface area (Å²) in [4.78, 5) is 3.60. The van der Waals surface area contributed by atoms with Crippen LogP contribution < -0.4 is 4.72 Å². The van der Waals surface area contributed by atoms with E-state index in [1.165, 1.54) is 24.4 Å². The summed E-state index contributed by atoms with van der Waals surface area (Å²) in [6, 6.07) is 5.85. The van der Waals surface area contributed by atoms with Crippen molar-refractivity contribution in [3.63, 3.8) is 0 Å². The molecule has 0 unspecified atom stereocenters. The van der Waals surface area contributed by atoms with E-state index in [1.807, 2.05) is 0 Å². The number of pyridine rings is 1. The number of hydrogen-bond donors (Lipinski definition) is 1. The molecule has 1 aromatic heterocycles. The van der Waals surface area contributed by atoms with Crippen molar-refractivity contribution in [3.05, 3.63) is 51.2 Å². The first-order chi connectivity index (χ1) is 9.31. The number of nitrogens with zero attached hydrogens (tertiary/aromatic N) is 1. The van der Waals surface area contributed by atoms with Gasteiger partial charge in [-0.05, 0) is 36.8 Å². The van der Waals surface area contributed by atoms with Crippen LogP contribution in [0.25, 0.3) is 0 Å². The van der Waals surface area contributed by atoms with E-state index in [9.17, 15) is 8.42 Å². The molecule has 2 aromatic rings. The van der Waals surface area contributed by atoms with Crippen molar-refractivity contribution < 1.29 is 8.42 Å². The maximum Gasteiger partial charge on any atom is 0.265 e. The van der Waals surface area contributed by atoms with Crippen molar-refractivity contribution in [2.24, 2.45) is 0 Å². The summed E-state index contributed by atoms with van der Waals surface area (Å²) in [7, 11) is -3.88. The van der Waals surface area contributed by atoms with Crippen LogP contribution in [0.3, 0.4) is 0 Å². The van der Waals surface area contributed by atoms with Gasteiger partial charge in [0, 0.05) is 11.2 Å². The van der Waals surface area contributed by atoms with Crippen molar-refractivity contribution in [3.8, 4) is 0 Å². The van der Waals surface area contributed by atoms with E-state index in [2.05, 4.69) is 9.71 Å². The first-order valence-corrected chi connectivity index (χ1v) is 8.02. The lowest BCUT2D eigenvalue weighted by molar-refractivity contribution is 0.601. The normalized spacial score (nSPS) is 11.4. The number of anilines is 1. The van der Waals surface area contributed by atoms with Gasteiger partial charge in [0.05, 0.1) is 10.7 Å². The summed E-state index contributed by atoms with van der Waals surface area (Å²) in [5, 5.41) is 0.536. The van der Waals surface area contributed by atoms with Crippen LogP contribution in [0.4, 0.5) is 5.69 Å². The summed E-state index contributed by atoms with van der Waals surface area (Å²) >= 11 is 17.7. The fourth-order valence-corrected chi connectivity index (χ4v) is 3.51. The Bertz CT molecular complexity index is 763.